The zero-order chi connectivity index (χ0) is 21.9. The summed E-state index contributed by atoms with van der Waals surface area (Å²) in [5.41, 5.74) is 1.22. The van der Waals surface area contributed by atoms with Crippen LogP contribution in [0.2, 0.25) is 0 Å². The summed E-state index contributed by atoms with van der Waals surface area (Å²) in [4.78, 5) is 33.2. The molecule has 30 heavy (non-hydrogen) atoms. The second-order valence-corrected chi connectivity index (χ2v) is 7.11. The number of nitrogens with zero attached hydrogens (tertiary/aromatic N) is 4. The zero-order valence-corrected chi connectivity index (χ0v) is 16.1. The van der Waals surface area contributed by atoms with Crippen LogP contribution in [0.3, 0.4) is 0 Å². The van der Waals surface area contributed by atoms with Gasteiger partial charge in [0, 0.05) is 42.5 Å². The topological polar surface area (TPSA) is 101 Å². The fourth-order valence-electron chi connectivity index (χ4n) is 3.31. The summed E-state index contributed by atoms with van der Waals surface area (Å²) in [6.07, 6.45) is -3.31. The van der Waals surface area contributed by atoms with Gasteiger partial charge in [0.1, 0.15) is 12.4 Å². The third-order valence-corrected chi connectivity index (χ3v) is 4.76. The lowest BCUT2D eigenvalue weighted by Crippen LogP contribution is -2.45. The Balaban J connectivity index is 1.76. The molecule has 0 bridgehead atoms. The van der Waals surface area contributed by atoms with Gasteiger partial charge < -0.3 is 10.2 Å². The lowest BCUT2D eigenvalue weighted by Gasteiger charge is -2.33. The van der Waals surface area contributed by atoms with Gasteiger partial charge in [0.2, 0.25) is 5.91 Å². The minimum atomic E-state index is -4.45. The Labute approximate surface area is 170 Å². The maximum Gasteiger partial charge on any atom is 0.405 e. The van der Waals surface area contributed by atoms with E-state index in [4.69, 9.17) is 0 Å². The Kier molecular flexibility index (Phi) is 6.18. The molecule has 1 aromatic carbocycles. The van der Waals surface area contributed by atoms with Crippen molar-refractivity contribution < 1.29 is 22.9 Å². The minimum Gasteiger partial charge on any atom is -0.356 e. The highest BCUT2D eigenvalue weighted by Crippen LogP contribution is 2.26. The Morgan fingerprint density at radius 1 is 1.30 bits per heavy atom. The number of hydrogen-bond donors (Lipinski definition) is 1. The number of nitro benzene ring substituents is 1. The number of alkyl halides is 3. The molecule has 0 aliphatic carbocycles. The van der Waals surface area contributed by atoms with Crippen molar-refractivity contribution in [2.45, 2.75) is 25.9 Å². The molecule has 2 heterocycles. The van der Waals surface area contributed by atoms with Gasteiger partial charge >= 0.3 is 6.18 Å². The number of aryl methyl sites for hydroxylation is 1. The van der Waals surface area contributed by atoms with Crippen LogP contribution in [0.5, 0.6) is 0 Å². The number of benzene rings is 1. The van der Waals surface area contributed by atoms with Crippen molar-refractivity contribution in [3.63, 3.8) is 0 Å². The molecule has 11 heteroatoms. The van der Waals surface area contributed by atoms with Crippen LogP contribution in [0.15, 0.2) is 30.3 Å². The molecule has 2 aromatic rings. The number of non-ortho nitro benzene ring substituents is 1. The summed E-state index contributed by atoms with van der Waals surface area (Å²) in [5.74, 6) is -0.259. The Morgan fingerprint density at radius 3 is 2.63 bits per heavy atom. The van der Waals surface area contributed by atoms with Gasteiger partial charge in [0.05, 0.1) is 10.8 Å². The third-order valence-electron chi connectivity index (χ3n) is 4.76. The number of halogens is 3. The van der Waals surface area contributed by atoms with E-state index in [1.807, 2.05) is 10.2 Å². The number of carbonyl (C=O) groups excluding carboxylic acids is 1. The summed E-state index contributed by atoms with van der Waals surface area (Å²) in [6, 6.07) is 7.58. The predicted octanol–water partition coefficient (Wildman–Crippen LogP) is 3.26. The summed E-state index contributed by atoms with van der Waals surface area (Å²) in [5, 5.41) is 12.8. The number of carbonyl (C=O) groups is 1. The Morgan fingerprint density at radius 2 is 2.00 bits per heavy atom. The first kappa shape index (κ1) is 21.5. The van der Waals surface area contributed by atoms with Gasteiger partial charge in [-0.3, -0.25) is 14.9 Å². The first-order valence-electron chi connectivity index (χ1n) is 9.32. The standard InChI is InChI=1S/C19H20F3N5O3/c1-12-9-16(25-17(24-12)13-4-6-15(7-5-13)27(29)30)26-8-2-3-14(10-26)18(28)23-11-19(20,21)22/h4-7,9,14H,2-3,8,10-11H2,1H3,(H,23,28). The lowest BCUT2D eigenvalue weighted by atomic mass is 9.97. The Hall–Kier alpha value is -3.24. The first-order valence-corrected chi connectivity index (χ1v) is 9.32. The molecule has 1 aromatic heterocycles. The van der Waals surface area contributed by atoms with Crippen LogP contribution in [-0.4, -0.2) is 46.6 Å². The molecule has 160 valence electrons. The van der Waals surface area contributed by atoms with Gasteiger partial charge in [-0.05, 0) is 31.9 Å². The van der Waals surface area contributed by atoms with Crippen LogP contribution in [0.25, 0.3) is 11.4 Å². The van der Waals surface area contributed by atoms with E-state index in [-0.39, 0.29) is 12.2 Å². The number of nitrogens with one attached hydrogen (secondary N) is 1. The fraction of sp³-hybridized carbons (Fsp3) is 0.421. The van der Waals surface area contributed by atoms with Crippen molar-refractivity contribution in [2.75, 3.05) is 24.5 Å². The largest absolute Gasteiger partial charge is 0.405 e. The molecule has 8 nitrogen and oxygen atoms in total. The van der Waals surface area contributed by atoms with Crippen molar-refractivity contribution in [1.29, 1.82) is 0 Å². The van der Waals surface area contributed by atoms with Gasteiger partial charge in [0.15, 0.2) is 5.82 Å². The van der Waals surface area contributed by atoms with Gasteiger partial charge in [0.25, 0.3) is 5.69 Å². The predicted molar refractivity (Wildman–Crippen MR) is 103 cm³/mol. The van der Waals surface area contributed by atoms with Crippen LogP contribution in [0.4, 0.5) is 24.7 Å². The average Bonchev–Trinajstić information content (AvgIpc) is 2.71. The third kappa shape index (κ3) is 5.43. The summed E-state index contributed by atoms with van der Waals surface area (Å²) < 4.78 is 37.1. The van der Waals surface area contributed by atoms with Crippen LogP contribution in [0.1, 0.15) is 18.5 Å². The highest BCUT2D eigenvalue weighted by molar-refractivity contribution is 5.79. The number of rotatable bonds is 5. The normalized spacial score (nSPS) is 16.9. The van der Waals surface area contributed by atoms with E-state index in [1.54, 1.807) is 25.1 Å². The van der Waals surface area contributed by atoms with Gasteiger partial charge in [-0.15, -0.1) is 0 Å². The van der Waals surface area contributed by atoms with Crippen molar-refractivity contribution >= 4 is 17.4 Å². The van der Waals surface area contributed by atoms with Gasteiger partial charge in [-0.2, -0.15) is 13.2 Å². The van der Waals surface area contributed by atoms with Gasteiger partial charge in [-0.1, -0.05) is 0 Å². The van der Waals surface area contributed by atoms with E-state index in [2.05, 4.69) is 9.97 Å². The quantitative estimate of drug-likeness (QED) is 0.585. The van der Waals surface area contributed by atoms with Gasteiger partial charge in [-0.25, -0.2) is 9.97 Å². The number of hydrogen-bond acceptors (Lipinski definition) is 6. The van der Waals surface area contributed by atoms with Crippen LogP contribution < -0.4 is 10.2 Å². The number of piperidine rings is 1. The molecule has 1 N–H and O–H groups in total. The summed E-state index contributed by atoms with van der Waals surface area (Å²) >= 11 is 0. The second-order valence-electron chi connectivity index (χ2n) is 7.11. The first-order chi connectivity index (χ1) is 14.1. The van der Waals surface area contributed by atoms with Crippen molar-refractivity contribution in [3.05, 3.63) is 46.1 Å². The average molecular weight is 423 g/mol. The molecule has 1 fully saturated rings. The molecule has 1 saturated heterocycles. The minimum absolute atomic E-state index is 0.0460. The smallest absolute Gasteiger partial charge is 0.356 e. The maximum atomic E-state index is 12.4. The van der Waals surface area contributed by atoms with E-state index < -0.39 is 29.5 Å². The van der Waals surface area contributed by atoms with E-state index >= 15 is 0 Å². The number of anilines is 1. The van der Waals surface area contributed by atoms with E-state index in [9.17, 15) is 28.1 Å². The number of nitro groups is 1. The maximum absolute atomic E-state index is 12.4. The van der Waals surface area contributed by atoms with Crippen LogP contribution >= 0.6 is 0 Å². The number of aromatic nitrogens is 2. The molecule has 1 amide bonds. The summed E-state index contributed by atoms with van der Waals surface area (Å²) in [7, 11) is 0. The van der Waals surface area contributed by atoms with Crippen LogP contribution in [-0.2, 0) is 4.79 Å². The van der Waals surface area contributed by atoms with Crippen molar-refractivity contribution in [2.24, 2.45) is 5.92 Å². The van der Waals surface area contributed by atoms with Crippen molar-refractivity contribution in [1.82, 2.24) is 15.3 Å². The van der Waals surface area contributed by atoms with Crippen LogP contribution in [0, 0.1) is 23.0 Å². The lowest BCUT2D eigenvalue weighted by molar-refractivity contribution is -0.384. The van der Waals surface area contributed by atoms with E-state index in [0.29, 0.717) is 42.3 Å². The van der Waals surface area contributed by atoms with E-state index in [0.717, 1.165) is 0 Å². The Bertz CT molecular complexity index is 934. The zero-order valence-electron chi connectivity index (χ0n) is 16.1. The number of amides is 1. The molecule has 1 aliphatic rings. The molecular formula is C19H20F3N5O3. The van der Waals surface area contributed by atoms with Crippen molar-refractivity contribution in [3.8, 4) is 11.4 Å². The molecule has 0 spiro atoms. The molecule has 3 rings (SSSR count). The fourth-order valence-corrected chi connectivity index (χ4v) is 3.31. The highest BCUT2D eigenvalue weighted by atomic mass is 19.4. The SMILES string of the molecule is Cc1cc(N2CCCC(C(=O)NCC(F)(F)F)C2)nc(-c2ccc([N+](=O)[O-])cc2)n1. The molecule has 0 saturated carbocycles. The summed E-state index contributed by atoms with van der Waals surface area (Å²) in [6.45, 7) is 1.29. The van der Waals surface area contributed by atoms with E-state index in [1.165, 1.54) is 12.1 Å². The molecule has 1 unspecified atom stereocenters. The second kappa shape index (κ2) is 8.64. The highest BCUT2D eigenvalue weighted by Gasteiger charge is 2.31. The molecule has 0 radical (unpaired) electrons. The molecular weight excluding hydrogens is 403 g/mol. The molecule has 1 atom stereocenters. The monoisotopic (exact) mass is 423 g/mol. The molecule has 1 aliphatic heterocycles.